The summed E-state index contributed by atoms with van der Waals surface area (Å²) >= 11 is 3.40. The minimum atomic E-state index is -0.866. The first-order chi connectivity index (χ1) is 18.8. The van der Waals surface area contributed by atoms with Crippen LogP contribution in [0, 0.1) is 0 Å². The Kier molecular flexibility index (Phi) is 7.43. The van der Waals surface area contributed by atoms with Gasteiger partial charge in [0.1, 0.15) is 5.58 Å². The number of nitrogens with zero attached hydrogens (tertiary/aromatic N) is 1. The molecule has 200 valence electrons. The lowest BCUT2D eigenvalue weighted by Gasteiger charge is -2.26. The number of ether oxygens (including phenoxy) is 2. The summed E-state index contributed by atoms with van der Waals surface area (Å²) in [5, 5.41) is 10.6. The van der Waals surface area contributed by atoms with E-state index in [9.17, 15) is 19.5 Å². The molecular formula is C30H26BrNO7. The molecule has 3 aromatic carbocycles. The molecule has 0 fully saturated rings. The van der Waals surface area contributed by atoms with E-state index in [1.54, 1.807) is 61.5 Å². The van der Waals surface area contributed by atoms with Gasteiger partial charge in [0.05, 0.1) is 35.8 Å². The van der Waals surface area contributed by atoms with Crippen LogP contribution in [0.4, 0.5) is 5.69 Å². The molecule has 0 spiro atoms. The second-order valence-corrected chi connectivity index (χ2v) is 10.0. The Morgan fingerprint density at radius 2 is 1.82 bits per heavy atom. The molecule has 1 aliphatic heterocycles. The van der Waals surface area contributed by atoms with Crippen molar-refractivity contribution in [1.29, 1.82) is 0 Å². The van der Waals surface area contributed by atoms with Gasteiger partial charge in [0, 0.05) is 10.2 Å². The Labute approximate surface area is 232 Å². The van der Waals surface area contributed by atoms with Gasteiger partial charge in [-0.15, -0.1) is 0 Å². The van der Waals surface area contributed by atoms with Crippen LogP contribution < -0.4 is 15.1 Å². The van der Waals surface area contributed by atoms with Crippen LogP contribution in [-0.2, 0) is 4.74 Å². The lowest BCUT2D eigenvalue weighted by atomic mass is 9.97. The predicted octanol–water partition coefficient (Wildman–Crippen LogP) is 6.37. The molecular weight excluding hydrogens is 566 g/mol. The SMILES string of the molecule is CCCCOC(=O)c1ccc(N2C(=O)c3oc4ccc(Br)cc4c(=O)c3C2c2ccc(O)c(OCC)c2)cc1. The quantitative estimate of drug-likeness (QED) is 0.187. The number of anilines is 1. The summed E-state index contributed by atoms with van der Waals surface area (Å²) in [6.07, 6.45) is 1.68. The first kappa shape index (κ1) is 26.5. The summed E-state index contributed by atoms with van der Waals surface area (Å²) in [5.74, 6) is -0.836. The van der Waals surface area contributed by atoms with Gasteiger partial charge in [-0.1, -0.05) is 35.3 Å². The summed E-state index contributed by atoms with van der Waals surface area (Å²) in [4.78, 5) is 41.5. The minimum Gasteiger partial charge on any atom is -0.504 e. The number of phenols is 1. The number of esters is 1. The molecule has 0 aliphatic carbocycles. The molecule has 8 nitrogen and oxygen atoms in total. The summed E-state index contributed by atoms with van der Waals surface area (Å²) in [5.41, 5.74) is 1.49. The number of benzene rings is 3. The largest absolute Gasteiger partial charge is 0.504 e. The summed E-state index contributed by atoms with van der Waals surface area (Å²) < 4.78 is 17.6. The van der Waals surface area contributed by atoms with Crippen LogP contribution in [-0.4, -0.2) is 30.2 Å². The van der Waals surface area contributed by atoms with Gasteiger partial charge in [-0.05, 0) is 73.5 Å². The molecule has 2 heterocycles. The molecule has 5 rings (SSSR count). The van der Waals surface area contributed by atoms with Crippen molar-refractivity contribution in [3.05, 3.63) is 97.8 Å². The van der Waals surface area contributed by atoms with E-state index in [0.717, 1.165) is 12.8 Å². The highest BCUT2D eigenvalue weighted by atomic mass is 79.9. The van der Waals surface area contributed by atoms with E-state index in [-0.39, 0.29) is 28.3 Å². The molecule has 1 unspecified atom stereocenters. The second kappa shape index (κ2) is 10.9. The summed E-state index contributed by atoms with van der Waals surface area (Å²) in [6.45, 7) is 4.45. The van der Waals surface area contributed by atoms with Crippen molar-refractivity contribution in [1.82, 2.24) is 0 Å². The van der Waals surface area contributed by atoms with Crippen LogP contribution in [0.1, 0.15) is 64.8 Å². The van der Waals surface area contributed by atoms with Crippen molar-refractivity contribution in [2.45, 2.75) is 32.7 Å². The van der Waals surface area contributed by atoms with E-state index in [2.05, 4.69) is 15.9 Å². The molecule has 0 saturated heterocycles. The molecule has 4 aromatic rings. The molecule has 1 N–H and O–H groups in total. The van der Waals surface area contributed by atoms with Crippen LogP contribution in [0.15, 0.2) is 74.3 Å². The zero-order valence-corrected chi connectivity index (χ0v) is 23.0. The maximum absolute atomic E-state index is 13.8. The Hall–Kier alpha value is -4.11. The van der Waals surface area contributed by atoms with E-state index in [1.165, 1.54) is 11.0 Å². The smallest absolute Gasteiger partial charge is 0.338 e. The van der Waals surface area contributed by atoms with E-state index in [0.29, 0.717) is 45.5 Å². The van der Waals surface area contributed by atoms with E-state index < -0.39 is 17.9 Å². The molecule has 1 amide bonds. The number of rotatable bonds is 8. The highest BCUT2D eigenvalue weighted by molar-refractivity contribution is 9.10. The van der Waals surface area contributed by atoms with Crippen molar-refractivity contribution in [3.63, 3.8) is 0 Å². The fraction of sp³-hybridized carbons (Fsp3) is 0.233. The number of aromatic hydroxyl groups is 1. The number of unbranched alkanes of at least 4 members (excludes halogenated alkanes) is 1. The van der Waals surface area contributed by atoms with Crippen molar-refractivity contribution >= 4 is 44.5 Å². The predicted molar refractivity (Wildman–Crippen MR) is 150 cm³/mol. The maximum Gasteiger partial charge on any atom is 0.338 e. The normalized spacial score (nSPS) is 14.5. The van der Waals surface area contributed by atoms with Crippen molar-refractivity contribution in [2.24, 2.45) is 0 Å². The van der Waals surface area contributed by atoms with Gasteiger partial charge >= 0.3 is 5.97 Å². The molecule has 0 bridgehead atoms. The van der Waals surface area contributed by atoms with E-state index >= 15 is 0 Å². The minimum absolute atomic E-state index is 0.0582. The standard InChI is InChI=1S/C30H26BrNO7/c1-3-5-14-38-30(36)17-6-10-20(11-7-17)32-26(18-8-12-22(33)24(15-18)37-4-2)25-27(34)21-16-19(31)9-13-23(21)39-28(25)29(32)35/h6-13,15-16,26,33H,3-5,14H2,1-2H3. The van der Waals surface area contributed by atoms with Crippen LogP contribution in [0.2, 0.25) is 0 Å². The summed E-state index contributed by atoms with van der Waals surface area (Å²) in [7, 11) is 0. The van der Waals surface area contributed by atoms with Crippen molar-refractivity contribution in [2.75, 3.05) is 18.1 Å². The van der Waals surface area contributed by atoms with Gasteiger partial charge in [0.15, 0.2) is 16.9 Å². The third kappa shape index (κ3) is 4.90. The molecule has 1 atom stereocenters. The number of carbonyl (C=O) groups is 2. The van der Waals surface area contributed by atoms with Gasteiger partial charge in [-0.2, -0.15) is 0 Å². The second-order valence-electron chi connectivity index (χ2n) is 9.09. The highest BCUT2D eigenvalue weighted by Crippen LogP contribution is 2.43. The van der Waals surface area contributed by atoms with Gasteiger partial charge in [-0.25, -0.2) is 4.79 Å². The Bertz CT molecular complexity index is 1630. The number of phenolic OH excluding ortho intramolecular Hbond substituents is 1. The number of halogens is 1. The maximum atomic E-state index is 13.8. The number of hydrogen-bond donors (Lipinski definition) is 1. The zero-order chi connectivity index (χ0) is 27.7. The molecule has 39 heavy (non-hydrogen) atoms. The lowest BCUT2D eigenvalue weighted by Crippen LogP contribution is -2.29. The average Bonchev–Trinajstić information content (AvgIpc) is 3.23. The van der Waals surface area contributed by atoms with E-state index in [1.807, 2.05) is 6.92 Å². The van der Waals surface area contributed by atoms with Crippen molar-refractivity contribution < 1.29 is 28.6 Å². The number of hydrogen-bond acceptors (Lipinski definition) is 7. The van der Waals surface area contributed by atoms with Gasteiger partial charge in [-0.3, -0.25) is 14.5 Å². The molecule has 1 aromatic heterocycles. The topological polar surface area (TPSA) is 106 Å². The Morgan fingerprint density at radius 1 is 1.05 bits per heavy atom. The number of carbonyl (C=O) groups excluding carboxylic acids is 2. The Morgan fingerprint density at radius 3 is 2.54 bits per heavy atom. The fourth-order valence-electron chi connectivity index (χ4n) is 4.65. The molecule has 1 aliphatic rings. The first-order valence-electron chi connectivity index (χ1n) is 12.7. The summed E-state index contributed by atoms with van der Waals surface area (Å²) in [6, 6.07) is 15.3. The third-order valence-corrected chi connectivity index (χ3v) is 7.04. The fourth-order valence-corrected chi connectivity index (χ4v) is 5.01. The number of amides is 1. The van der Waals surface area contributed by atoms with Crippen LogP contribution >= 0.6 is 15.9 Å². The van der Waals surface area contributed by atoms with Gasteiger partial charge in [0.2, 0.25) is 5.76 Å². The van der Waals surface area contributed by atoms with Crippen molar-refractivity contribution in [3.8, 4) is 11.5 Å². The average molecular weight is 592 g/mol. The number of fused-ring (bicyclic) bond motifs is 2. The Balaban J connectivity index is 1.65. The third-order valence-electron chi connectivity index (χ3n) is 6.54. The first-order valence-corrected chi connectivity index (χ1v) is 13.5. The van der Waals surface area contributed by atoms with E-state index in [4.69, 9.17) is 13.9 Å². The molecule has 0 saturated carbocycles. The monoisotopic (exact) mass is 591 g/mol. The molecule has 9 heteroatoms. The highest BCUT2D eigenvalue weighted by Gasteiger charge is 2.44. The lowest BCUT2D eigenvalue weighted by molar-refractivity contribution is 0.0499. The van der Waals surface area contributed by atoms with Crippen LogP contribution in [0.3, 0.4) is 0 Å². The zero-order valence-electron chi connectivity index (χ0n) is 21.4. The van der Waals surface area contributed by atoms with Gasteiger partial charge in [0.25, 0.3) is 5.91 Å². The van der Waals surface area contributed by atoms with Gasteiger partial charge < -0.3 is 19.0 Å². The molecule has 0 radical (unpaired) electrons. The van der Waals surface area contributed by atoms with Crippen LogP contribution in [0.25, 0.3) is 11.0 Å². The van der Waals surface area contributed by atoms with Crippen LogP contribution in [0.5, 0.6) is 11.5 Å².